The fourth-order valence-corrected chi connectivity index (χ4v) is 12.9. The van der Waals surface area contributed by atoms with E-state index in [1.807, 2.05) is 0 Å². The average molecular weight is 1670 g/mol. The van der Waals surface area contributed by atoms with Crippen LogP contribution in [0, 0.1) is 17.8 Å². The summed E-state index contributed by atoms with van der Waals surface area (Å²) in [6.45, 7) is 11.1. The minimum absolute atomic E-state index is 0.0378. The number of para-hydroxylation sites is 1. The van der Waals surface area contributed by atoms with Gasteiger partial charge in [-0.15, -0.1) is 0 Å². The Balaban J connectivity index is 1.57. The van der Waals surface area contributed by atoms with Crippen molar-refractivity contribution >= 4 is 99.5 Å². The fourth-order valence-electron chi connectivity index (χ4n) is 12.9. The SMILES string of the molecule is CC[C@H](C)[C@H](NC(=O)[C@H](C)NC(=O)[C@H](Cc1c[nH]c2ccccc12)NC(=O)CNC(=O)[C@@H](NC(=O)[C@H](CCCCN)NC(=O)[C@H](CO)NC(=O)[C@@H](N)CCCCN)C(C)C)C(=O)N[C@@H](CCC(N)=O)C(=O)N[C@@H](CC(C)C)C(=O)N[C@@H](Cc1ccccc1)C(=O)N[C@@H](Cc1cnc[nH]1)C(=O)N[C@@H](CCCCN)C(=O)N[C@@H](CCCCN)C(N)=O. The van der Waals surface area contributed by atoms with Gasteiger partial charge in [0, 0.05) is 54.7 Å². The summed E-state index contributed by atoms with van der Waals surface area (Å²) >= 11 is 0. The Labute approximate surface area is 694 Å². The zero-order chi connectivity index (χ0) is 88.3. The van der Waals surface area contributed by atoms with Gasteiger partial charge in [-0.1, -0.05) is 103 Å². The van der Waals surface area contributed by atoms with Gasteiger partial charge in [-0.05, 0) is 152 Å². The number of hydrogen-bond acceptors (Lipinski definition) is 22. The monoisotopic (exact) mass is 1670 g/mol. The lowest BCUT2D eigenvalue weighted by Gasteiger charge is -2.29. The third-order valence-electron chi connectivity index (χ3n) is 20.0. The second kappa shape index (κ2) is 53.4. The molecule has 0 spiro atoms. The normalized spacial score (nSPS) is 14.8. The highest BCUT2D eigenvalue weighted by Crippen LogP contribution is 2.21. The number of nitrogens with zero attached hydrogens (tertiary/aromatic N) is 1. The predicted molar refractivity (Wildman–Crippen MR) is 444 cm³/mol. The number of rotatable bonds is 58. The summed E-state index contributed by atoms with van der Waals surface area (Å²) in [6.07, 6.45) is 7.67. The Morgan fingerprint density at radius 1 is 0.445 bits per heavy atom. The smallest absolute Gasteiger partial charge is 0.245 e. The van der Waals surface area contributed by atoms with Crippen molar-refractivity contribution in [3.05, 3.63) is 90.1 Å². The first-order valence-corrected chi connectivity index (χ1v) is 40.9. The number of imidazole rings is 1. The number of benzene rings is 2. The van der Waals surface area contributed by atoms with Gasteiger partial charge < -0.3 is 124 Å². The minimum Gasteiger partial charge on any atom is -0.394 e. The molecule has 15 amide bonds. The van der Waals surface area contributed by atoms with Gasteiger partial charge >= 0.3 is 0 Å². The molecule has 0 unspecified atom stereocenters. The Morgan fingerprint density at radius 3 is 1.45 bits per heavy atom. The number of fused-ring (bicyclic) bond motifs is 1. The van der Waals surface area contributed by atoms with Crippen molar-refractivity contribution in [1.29, 1.82) is 0 Å². The molecule has 2 heterocycles. The molecule has 4 aromatic rings. The summed E-state index contributed by atoms with van der Waals surface area (Å²) in [5.74, 6) is -14.3. The van der Waals surface area contributed by atoms with Crippen LogP contribution in [0.15, 0.2) is 73.3 Å². The molecule has 0 aliphatic carbocycles. The van der Waals surface area contributed by atoms with Crippen molar-refractivity contribution in [1.82, 2.24) is 84.1 Å². The summed E-state index contributed by atoms with van der Waals surface area (Å²) in [5.41, 5.74) is 42.2. The third-order valence-corrected chi connectivity index (χ3v) is 20.0. The van der Waals surface area contributed by atoms with Crippen molar-refractivity contribution in [2.45, 2.75) is 249 Å². The van der Waals surface area contributed by atoms with Crippen LogP contribution in [-0.2, 0) is 91.2 Å². The van der Waals surface area contributed by atoms with E-state index >= 15 is 0 Å². The molecule has 0 aliphatic heterocycles. The van der Waals surface area contributed by atoms with Crippen molar-refractivity contribution in [2.24, 2.45) is 57.9 Å². The van der Waals surface area contributed by atoms with Gasteiger partial charge in [-0.3, -0.25) is 71.9 Å². The van der Waals surface area contributed by atoms with E-state index in [2.05, 4.69) is 84.1 Å². The van der Waals surface area contributed by atoms with Crippen LogP contribution >= 0.6 is 0 Å². The molecule has 14 atom stereocenters. The zero-order valence-electron chi connectivity index (χ0n) is 69.4. The molecule has 0 fully saturated rings. The molecule has 39 nitrogen and oxygen atoms in total. The number of aliphatic hydroxyl groups excluding tert-OH is 1. The minimum atomic E-state index is -1.60. The number of H-pyrrole nitrogens is 2. The topological polar surface area (TPSA) is 659 Å². The van der Waals surface area contributed by atoms with Crippen LogP contribution in [0.3, 0.4) is 0 Å². The number of carbonyl (C=O) groups is 15. The van der Waals surface area contributed by atoms with Gasteiger partial charge in [0.05, 0.1) is 25.5 Å². The number of nitrogens with two attached hydrogens (primary N) is 7. The summed E-state index contributed by atoms with van der Waals surface area (Å²) in [7, 11) is 0. The molecule has 2 aromatic heterocycles. The molecular weight excluding hydrogens is 1540 g/mol. The van der Waals surface area contributed by atoms with E-state index in [4.69, 9.17) is 40.1 Å². The number of hydrogen-bond donors (Lipinski definition) is 23. The summed E-state index contributed by atoms with van der Waals surface area (Å²) in [4.78, 5) is 220. The molecule has 0 saturated heterocycles. The van der Waals surface area contributed by atoms with Crippen molar-refractivity contribution in [3.63, 3.8) is 0 Å². The van der Waals surface area contributed by atoms with E-state index in [-0.39, 0.29) is 76.8 Å². The van der Waals surface area contributed by atoms with Crippen LogP contribution < -0.4 is 109 Å². The van der Waals surface area contributed by atoms with Crippen LogP contribution in [0.1, 0.15) is 168 Å². The first-order chi connectivity index (χ1) is 56.7. The number of amides is 15. The number of aliphatic hydroxyl groups is 1. The molecule has 0 bridgehead atoms. The van der Waals surface area contributed by atoms with E-state index in [0.29, 0.717) is 92.2 Å². The van der Waals surface area contributed by atoms with Gasteiger partial charge in [0.1, 0.15) is 72.5 Å². The lowest BCUT2D eigenvalue weighted by atomic mass is 9.96. The molecule has 30 N–H and O–H groups in total. The van der Waals surface area contributed by atoms with Gasteiger partial charge in [-0.25, -0.2) is 4.98 Å². The van der Waals surface area contributed by atoms with E-state index in [1.165, 1.54) is 19.4 Å². The highest BCUT2D eigenvalue weighted by atomic mass is 16.3. The van der Waals surface area contributed by atoms with Crippen molar-refractivity contribution < 1.29 is 77.0 Å². The lowest BCUT2D eigenvalue weighted by molar-refractivity contribution is -0.136. The maximum absolute atomic E-state index is 14.9. The molecule has 0 radical (unpaired) electrons. The van der Waals surface area contributed by atoms with Crippen molar-refractivity contribution in [3.8, 4) is 0 Å². The van der Waals surface area contributed by atoms with E-state index in [1.54, 1.807) is 102 Å². The van der Waals surface area contributed by atoms with Crippen LogP contribution in [0.25, 0.3) is 10.9 Å². The molecular formula is C80H129N23O16. The number of aromatic amines is 2. The summed E-state index contributed by atoms with van der Waals surface area (Å²) in [5, 5.41) is 45.1. The van der Waals surface area contributed by atoms with Crippen LogP contribution in [0.5, 0.6) is 0 Å². The highest BCUT2D eigenvalue weighted by Gasteiger charge is 2.38. The average Bonchev–Trinajstić information content (AvgIpc) is 1.70. The number of unbranched alkanes of at least 4 members (excludes halogenated alkanes) is 4. The van der Waals surface area contributed by atoms with Crippen molar-refractivity contribution in [2.75, 3.05) is 39.3 Å². The first-order valence-electron chi connectivity index (χ1n) is 40.9. The maximum atomic E-state index is 14.9. The second-order valence-corrected chi connectivity index (χ2v) is 30.7. The molecule has 660 valence electrons. The molecule has 0 saturated carbocycles. The lowest BCUT2D eigenvalue weighted by Crippen LogP contribution is -2.61. The van der Waals surface area contributed by atoms with Crippen LogP contribution in [0.4, 0.5) is 0 Å². The Hall–Kier alpha value is -11.0. The molecule has 0 aliphatic rings. The number of nitrogens with one attached hydrogen (secondary N) is 15. The van der Waals surface area contributed by atoms with Crippen LogP contribution in [-0.4, -0.2) is 227 Å². The first kappa shape index (κ1) is 100. The maximum Gasteiger partial charge on any atom is 0.245 e. The van der Waals surface area contributed by atoms with Gasteiger partial charge in [0.2, 0.25) is 88.6 Å². The summed E-state index contributed by atoms with van der Waals surface area (Å²) < 4.78 is 0. The quantitative estimate of drug-likeness (QED) is 0.0189. The van der Waals surface area contributed by atoms with Gasteiger partial charge in [0.15, 0.2) is 0 Å². The number of carbonyl (C=O) groups excluding carboxylic acids is 15. The predicted octanol–water partition coefficient (Wildman–Crippen LogP) is -3.79. The summed E-state index contributed by atoms with van der Waals surface area (Å²) in [6, 6.07) is -1.97. The molecule has 119 heavy (non-hydrogen) atoms. The number of aromatic nitrogens is 3. The zero-order valence-corrected chi connectivity index (χ0v) is 69.4. The molecule has 2 aromatic carbocycles. The van der Waals surface area contributed by atoms with Gasteiger partial charge in [0.25, 0.3) is 0 Å². The Morgan fingerprint density at radius 2 is 0.908 bits per heavy atom. The van der Waals surface area contributed by atoms with Crippen LogP contribution in [0.2, 0.25) is 0 Å². The molecule has 39 heteroatoms. The van der Waals surface area contributed by atoms with Gasteiger partial charge in [-0.2, -0.15) is 0 Å². The highest BCUT2D eigenvalue weighted by molar-refractivity contribution is 6.00. The fraction of sp³-hybridized carbons (Fsp3) is 0.600. The Bertz CT molecular complexity index is 3920. The Kier molecular flexibility index (Phi) is 45.1. The second-order valence-electron chi connectivity index (χ2n) is 30.7. The van der Waals surface area contributed by atoms with E-state index in [0.717, 1.165) is 0 Å². The molecule has 4 rings (SSSR count). The third kappa shape index (κ3) is 35.6. The van der Waals surface area contributed by atoms with E-state index < -0.39 is 205 Å². The number of primary amides is 2. The van der Waals surface area contributed by atoms with E-state index in [9.17, 15) is 77.0 Å². The largest absolute Gasteiger partial charge is 0.394 e. The standard InChI is InChI=1S/C80H129N23O16/c1-8-47(6)67(103-69(108)48(7)92-74(113)61(38-50-40-89-54-26-13-12-24-52(50)54)93-65(106)42-90-79(118)66(46(4)5)102-73(112)57(29-17-21-35-84)96-78(117)63(43-104)101-70(109)53(85)25-14-18-32-81)80(119)97-58(30-31-64(86)105)72(111)98-59(36-45(2)3)75(114)99-60(37-49-22-10-9-11-23-49)76(115)100-62(39-51-41-88-44-91-51)77(116)95-56(28-16-20-34-83)71(110)94-55(68(87)107)27-15-19-33-82/h9-13,22-24,26,40-41,44-48,53,55-63,66-67,89,104H,8,14-21,25,27-39,42-43,81-85H2,1-7H3,(H2,86,105)(H2,87,107)(H,88,91)(H,90,118)(H,92,113)(H,93,106)(H,94,110)(H,95,116)(H,96,117)(H,97,119)(H,98,111)(H,99,114)(H,100,115)(H,101,109)(H,102,112)(H,103,108)/t47-,48-,53-,55-,56-,57-,58-,59-,60-,61-,62-,63-,66-,67-/m0/s1.